The normalized spacial score (nSPS) is 11.1. The average Bonchev–Trinajstić information content (AvgIpc) is 2.83. The number of hydrogen-bond donors (Lipinski definition) is 1. The highest BCUT2D eigenvalue weighted by Crippen LogP contribution is 2.23. The molecule has 0 atom stereocenters. The third-order valence-electron chi connectivity index (χ3n) is 2.53. The van der Waals surface area contributed by atoms with Gasteiger partial charge in [-0.1, -0.05) is 32.0 Å². The number of furan rings is 1. The molecule has 1 heterocycles. The molecule has 18 heavy (non-hydrogen) atoms. The average molecular weight is 261 g/mol. The van der Waals surface area contributed by atoms with E-state index in [0.29, 0.717) is 6.04 Å². The molecule has 0 saturated heterocycles. The van der Waals surface area contributed by atoms with Gasteiger partial charge in [-0.3, -0.25) is 0 Å². The Kier molecular flexibility index (Phi) is 4.90. The van der Waals surface area contributed by atoms with Crippen molar-refractivity contribution in [3.8, 4) is 0 Å². The van der Waals surface area contributed by atoms with Gasteiger partial charge in [0.1, 0.15) is 11.5 Å². The summed E-state index contributed by atoms with van der Waals surface area (Å²) < 4.78 is 5.77. The van der Waals surface area contributed by atoms with Crippen LogP contribution in [-0.4, -0.2) is 6.04 Å². The zero-order valence-corrected chi connectivity index (χ0v) is 11.7. The van der Waals surface area contributed by atoms with Crippen molar-refractivity contribution in [2.45, 2.75) is 37.1 Å². The van der Waals surface area contributed by atoms with E-state index >= 15 is 0 Å². The molecule has 0 unspecified atom stereocenters. The van der Waals surface area contributed by atoms with Crippen LogP contribution >= 0.6 is 11.8 Å². The van der Waals surface area contributed by atoms with Gasteiger partial charge in [0.2, 0.25) is 0 Å². The Balaban J connectivity index is 1.83. The number of hydrogen-bond acceptors (Lipinski definition) is 3. The summed E-state index contributed by atoms with van der Waals surface area (Å²) in [5.74, 6) is 2.92. The second-order valence-electron chi connectivity index (χ2n) is 4.51. The fraction of sp³-hybridized carbons (Fsp3) is 0.333. The van der Waals surface area contributed by atoms with E-state index in [1.54, 1.807) is 11.8 Å². The zero-order chi connectivity index (χ0) is 12.8. The maximum absolute atomic E-state index is 5.77. The SMILES string of the molecule is CC(C)NCc1ccc(CSc2ccccc2)o1. The van der Waals surface area contributed by atoms with Crippen molar-refractivity contribution in [3.05, 3.63) is 54.0 Å². The molecule has 1 N–H and O–H groups in total. The van der Waals surface area contributed by atoms with Crippen molar-refractivity contribution >= 4 is 11.8 Å². The fourth-order valence-corrected chi connectivity index (χ4v) is 2.38. The van der Waals surface area contributed by atoms with E-state index in [9.17, 15) is 0 Å². The third-order valence-corrected chi connectivity index (χ3v) is 3.56. The highest BCUT2D eigenvalue weighted by Gasteiger charge is 2.03. The molecule has 1 aromatic heterocycles. The summed E-state index contributed by atoms with van der Waals surface area (Å²) >= 11 is 1.80. The molecule has 0 amide bonds. The summed E-state index contributed by atoms with van der Waals surface area (Å²) in [5.41, 5.74) is 0. The minimum Gasteiger partial charge on any atom is -0.464 e. The highest BCUT2D eigenvalue weighted by atomic mass is 32.2. The summed E-state index contributed by atoms with van der Waals surface area (Å²) in [6.45, 7) is 5.07. The van der Waals surface area contributed by atoms with Crippen molar-refractivity contribution in [1.29, 1.82) is 0 Å². The Labute approximate surface area is 113 Å². The molecule has 0 aliphatic rings. The van der Waals surface area contributed by atoms with Crippen LogP contribution < -0.4 is 5.32 Å². The van der Waals surface area contributed by atoms with Crippen LogP contribution in [0.25, 0.3) is 0 Å². The molecule has 0 aliphatic heterocycles. The van der Waals surface area contributed by atoms with Crippen molar-refractivity contribution in [3.63, 3.8) is 0 Å². The van der Waals surface area contributed by atoms with E-state index in [1.165, 1.54) is 4.90 Å². The van der Waals surface area contributed by atoms with Crippen LogP contribution in [0.1, 0.15) is 25.4 Å². The summed E-state index contributed by atoms with van der Waals surface area (Å²) in [5, 5.41) is 3.35. The van der Waals surface area contributed by atoms with Gasteiger partial charge in [-0.05, 0) is 24.3 Å². The highest BCUT2D eigenvalue weighted by molar-refractivity contribution is 7.98. The van der Waals surface area contributed by atoms with Crippen molar-refractivity contribution in [1.82, 2.24) is 5.32 Å². The van der Waals surface area contributed by atoms with Crippen LogP contribution in [0, 0.1) is 0 Å². The van der Waals surface area contributed by atoms with Crippen molar-refractivity contribution in [2.24, 2.45) is 0 Å². The lowest BCUT2D eigenvalue weighted by atomic mass is 10.3. The standard InChI is InChI=1S/C15H19NOS/c1-12(2)16-10-13-8-9-14(17-13)11-18-15-6-4-3-5-7-15/h3-9,12,16H,10-11H2,1-2H3. The summed E-state index contributed by atoms with van der Waals surface area (Å²) in [4.78, 5) is 1.27. The van der Waals surface area contributed by atoms with E-state index < -0.39 is 0 Å². The molecule has 0 radical (unpaired) electrons. The van der Waals surface area contributed by atoms with Crippen LogP contribution in [0.4, 0.5) is 0 Å². The number of thioether (sulfide) groups is 1. The summed E-state index contributed by atoms with van der Waals surface area (Å²) in [6.07, 6.45) is 0. The van der Waals surface area contributed by atoms with Gasteiger partial charge in [0.05, 0.1) is 12.3 Å². The van der Waals surface area contributed by atoms with Gasteiger partial charge >= 0.3 is 0 Å². The second-order valence-corrected chi connectivity index (χ2v) is 5.55. The smallest absolute Gasteiger partial charge is 0.118 e. The first-order valence-electron chi connectivity index (χ1n) is 6.23. The van der Waals surface area contributed by atoms with Gasteiger partial charge in [-0.15, -0.1) is 11.8 Å². The van der Waals surface area contributed by atoms with E-state index in [1.807, 2.05) is 6.07 Å². The quantitative estimate of drug-likeness (QED) is 0.794. The lowest BCUT2D eigenvalue weighted by Gasteiger charge is -2.05. The molecule has 2 nitrogen and oxygen atoms in total. The lowest BCUT2D eigenvalue weighted by molar-refractivity contribution is 0.445. The van der Waals surface area contributed by atoms with Crippen LogP contribution in [0.3, 0.4) is 0 Å². The van der Waals surface area contributed by atoms with Gasteiger partial charge in [-0.25, -0.2) is 0 Å². The molecular formula is C15H19NOS. The Morgan fingerprint density at radius 3 is 2.50 bits per heavy atom. The second kappa shape index (κ2) is 6.66. The van der Waals surface area contributed by atoms with E-state index in [0.717, 1.165) is 23.8 Å². The van der Waals surface area contributed by atoms with Gasteiger partial charge in [0.15, 0.2) is 0 Å². The minimum atomic E-state index is 0.484. The Bertz CT molecular complexity index is 464. The largest absolute Gasteiger partial charge is 0.464 e. The summed E-state index contributed by atoms with van der Waals surface area (Å²) in [7, 11) is 0. The first-order chi connectivity index (χ1) is 8.74. The molecule has 0 saturated carbocycles. The van der Waals surface area contributed by atoms with E-state index in [4.69, 9.17) is 4.42 Å². The number of nitrogens with one attached hydrogen (secondary N) is 1. The fourth-order valence-electron chi connectivity index (χ4n) is 1.57. The minimum absolute atomic E-state index is 0.484. The molecule has 0 bridgehead atoms. The van der Waals surface area contributed by atoms with E-state index in [2.05, 4.69) is 55.6 Å². The van der Waals surface area contributed by atoms with Crippen LogP contribution in [0.2, 0.25) is 0 Å². The molecular weight excluding hydrogens is 242 g/mol. The van der Waals surface area contributed by atoms with Crippen molar-refractivity contribution < 1.29 is 4.42 Å². The van der Waals surface area contributed by atoms with Gasteiger partial charge in [0, 0.05) is 10.9 Å². The maximum atomic E-state index is 5.77. The molecule has 0 fully saturated rings. The molecule has 0 aliphatic carbocycles. The molecule has 2 rings (SSSR count). The first-order valence-corrected chi connectivity index (χ1v) is 7.21. The van der Waals surface area contributed by atoms with Gasteiger partial charge in [0.25, 0.3) is 0 Å². The Morgan fingerprint density at radius 1 is 1.06 bits per heavy atom. The molecule has 0 spiro atoms. The van der Waals surface area contributed by atoms with E-state index in [-0.39, 0.29) is 0 Å². The monoisotopic (exact) mass is 261 g/mol. The predicted molar refractivity (Wildman–Crippen MR) is 76.7 cm³/mol. The third kappa shape index (κ3) is 4.24. The molecule has 3 heteroatoms. The van der Waals surface area contributed by atoms with Crippen LogP contribution in [-0.2, 0) is 12.3 Å². The van der Waals surface area contributed by atoms with Gasteiger partial charge in [-0.2, -0.15) is 0 Å². The lowest BCUT2D eigenvalue weighted by Crippen LogP contribution is -2.21. The zero-order valence-electron chi connectivity index (χ0n) is 10.8. The number of rotatable bonds is 6. The first kappa shape index (κ1) is 13.2. The van der Waals surface area contributed by atoms with Gasteiger partial charge < -0.3 is 9.73 Å². The Morgan fingerprint density at radius 2 is 1.78 bits per heavy atom. The maximum Gasteiger partial charge on any atom is 0.118 e. The van der Waals surface area contributed by atoms with Crippen LogP contribution in [0.5, 0.6) is 0 Å². The molecule has 1 aromatic carbocycles. The van der Waals surface area contributed by atoms with Crippen molar-refractivity contribution in [2.75, 3.05) is 0 Å². The molecule has 2 aromatic rings. The Hall–Kier alpha value is -1.19. The number of benzene rings is 1. The topological polar surface area (TPSA) is 25.2 Å². The predicted octanol–water partition coefficient (Wildman–Crippen LogP) is 4.07. The summed E-state index contributed by atoms with van der Waals surface area (Å²) in [6, 6.07) is 15.0. The van der Waals surface area contributed by atoms with Crippen LogP contribution in [0.15, 0.2) is 51.8 Å². The molecule has 96 valence electrons.